The fraction of sp³-hybridized carbons (Fsp3) is 0. The van der Waals surface area contributed by atoms with Crippen LogP contribution in [0.4, 0.5) is 4.79 Å². The third-order valence-corrected chi connectivity index (χ3v) is 1.39. The number of urea groups is 1. The van der Waals surface area contributed by atoms with E-state index in [2.05, 4.69) is 11.5 Å². The molecule has 0 atom stereocenters. The predicted octanol–water partition coefficient (Wildman–Crippen LogP) is 0.107. The minimum absolute atomic E-state index is 0.190. The molecule has 0 fully saturated rings. The number of amides is 2. The second kappa shape index (κ2) is 6.02. The smallest absolute Gasteiger partial charge is 0.336 e. The number of benzene rings is 1. The summed E-state index contributed by atoms with van der Waals surface area (Å²) in [6.07, 6.45) is 0. The van der Waals surface area contributed by atoms with Crippen LogP contribution in [0.25, 0.3) is 0 Å². The van der Waals surface area contributed by atoms with Crippen LogP contribution >= 0.6 is 0 Å². The van der Waals surface area contributed by atoms with Gasteiger partial charge in [-0.25, -0.2) is 14.4 Å². The van der Waals surface area contributed by atoms with Crippen LogP contribution < -0.4 is 11.5 Å². The molecule has 16 heavy (non-hydrogen) atoms. The van der Waals surface area contributed by atoms with Crippen molar-refractivity contribution in [1.29, 1.82) is 0 Å². The molecule has 1 aromatic carbocycles. The number of carbonyl (C=O) groups excluding carboxylic acids is 1. The van der Waals surface area contributed by atoms with Crippen LogP contribution in [0.3, 0.4) is 0 Å². The van der Waals surface area contributed by atoms with Crippen LogP contribution in [0.2, 0.25) is 0 Å². The zero-order valence-corrected chi connectivity index (χ0v) is 8.08. The summed E-state index contributed by atoms with van der Waals surface area (Å²) in [4.78, 5) is 29.9. The zero-order chi connectivity index (χ0) is 12.7. The van der Waals surface area contributed by atoms with Gasteiger partial charge in [0.15, 0.2) is 0 Å². The van der Waals surface area contributed by atoms with Gasteiger partial charge in [0.25, 0.3) is 0 Å². The van der Waals surface area contributed by atoms with Gasteiger partial charge in [0, 0.05) is 0 Å². The number of carbonyl (C=O) groups is 3. The van der Waals surface area contributed by atoms with E-state index in [1.165, 1.54) is 24.3 Å². The highest BCUT2D eigenvalue weighted by Crippen LogP contribution is 2.07. The number of nitrogens with two attached hydrogens (primary N) is 2. The molecule has 6 N–H and O–H groups in total. The van der Waals surface area contributed by atoms with E-state index < -0.39 is 18.0 Å². The van der Waals surface area contributed by atoms with Crippen molar-refractivity contribution in [3.63, 3.8) is 0 Å². The number of hydrogen-bond acceptors (Lipinski definition) is 3. The van der Waals surface area contributed by atoms with Crippen molar-refractivity contribution >= 4 is 18.0 Å². The molecule has 0 spiro atoms. The molecule has 0 unspecified atom stereocenters. The Hall–Kier alpha value is -2.57. The van der Waals surface area contributed by atoms with E-state index in [0.29, 0.717) is 0 Å². The minimum Gasteiger partial charge on any atom is -0.478 e. The lowest BCUT2D eigenvalue weighted by Gasteiger charge is -1.98. The van der Waals surface area contributed by atoms with E-state index in [4.69, 9.17) is 15.0 Å². The molecule has 0 heterocycles. The van der Waals surface area contributed by atoms with E-state index in [9.17, 15) is 9.59 Å². The summed E-state index contributed by atoms with van der Waals surface area (Å²) < 4.78 is 0. The summed E-state index contributed by atoms with van der Waals surface area (Å²) in [6.45, 7) is 0. The van der Waals surface area contributed by atoms with Crippen molar-refractivity contribution in [2.24, 2.45) is 11.5 Å². The quantitative estimate of drug-likeness (QED) is 0.565. The van der Waals surface area contributed by atoms with E-state index in [1.54, 1.807) is 0 Å². The van der Waals surface area contributed by atoms with Gasteiger partial charge in [-0.3, -0.25) is 0 Å². The number of rotatable bonds is 2. The highest BCUT2D eigenvalue weighted by Gasteiger charge is 2.13. The number of carboxylic acid groups (broad SMARTS) is 2. The molecule has 0 radical (unpaired) electrons. The second-order valence-electron chi connectivity index (χ2n) is 2.56. The average molecular weight is 226 g/mol. The molecule has 2 amide bonds. The molecule has 86 valence electrons. The first-order chi connectivity index (χ1) is 7.36. The van der Waals surface area contributed by atoms with Gasteiger partial charge < -0.3 is 21.7 Å². The molecule has 0 saturated carbocycles. The van der Waals surface area contributed by atoms with Crippen molar-refractivity contribution in [3.8, 4) is 0 Å². The van der Waals surface area contributed by atoms with Crippen LogP contribution in [0.5, 0.6) is 0 Å². The maximum atomic E-state index is 10.5. The zero-order valence-electron chi connectivity index (χ0n) is 8.08. The Morgan fingerprint density at radius 1 is 0.875 bits per heavy atom. The molecular formula is C9H10N2O5. The molecular weight excluding hydrogens is 216 g/mol. The third kappa shape index (κ3) is 4.61. The number of aromatic carboxylic acids is 2. The summed E-state index contributed by atoms with van der Waals surface area (Å²) in [7, 11) is 0. The van der Waals surface area contributed by atoms with Crippen molar-refractivity contribution < 1.29 is 24.6 Å². The van der Waals surface area contributed by atoms with Gasteiger partial charge in [0.1, 0.15) is 0 Å². The maximum absolute atomic E-state index is 10.5. The first-order valence-electron chi connectivity index (χ1n) is 3.96. The van der Waals surface area contributed by atoms with Crippen LogP contribution in [0, 0.1) is 0 Å². The Balaban J connectivity index is 0.000000487. The highest BCUT2D eigenvalue weighted by molar-refractivity contribution is 6.01. The van der Waals surface area contributed by atoms with E-state index >= 15 is 0 Å². The van der Waals surface area contributed by atoms with Crippen molar-refractivity contribution in [3.05, 3.63) is 35.4 Å². The van der Waals surface area contributed by atoms with Gasteiger partial charge in [-0.2, -0.15) is 0 Å². The van der Waals surface area contributed by atoms with Gasteiger partial charge in [-0.05, 0) is 12.1 Å². The lowest BCUT2D eigenvalue weighted by molar-refractivity contribution is 0.0651. The van der Waals surface area contributed by atoms with Crippen LogP contribution in [0.1, 0.15) is 20.7 Å². The van der Waals surface area contributed by atoms with Gasteiger partial charge >= 0.3 is 18.0 Å². The Labute approximate surface area is 90.3 Å². The Bertz CT molecular complexity index is 379. The Morgan fingerprint density at radius 2 is 1.12 bits per heavy atom. The molecule has 0 saturated heterocycles. The predicted molar refractivity (Wildman–Crippen MR) is 54.1 cm³/mol. The first kappa shape index (κ1) is 13.4. The molecule has 1 aromatic rings. The standard InChI is InChI=1S/C8H6O4.CH4N2O/c9-7(10)5-3-1-2-4-6(5)8(11)12;2-1(3)4/h1-4H,(H,9,10)(H,11,12);(H4,2,3,4). The van der Waals surface area contributed by atoms with Gasteiger partial charge in [0.05, 0.1) is 11.1 Å². The number of carboxylic acids is 2. The molecule has 0 aromatic heterocycles. The lowest BCUT2D eigenvalue weighted by atomic mass is 10.1. The van der Waals surface area contributed by atoms with Crippen LogP contribution in [-0.4, -0.2) is 28.2 Å². The summed E-state index contributed by atoms with van der Waals surface area (Å²) >= 11 is 0. The van der Waals surface area contributed by atoms with Gasteiger partial charge in [-0.15, -0.1) is 0 Å². The minimum atomic E-state index is -1.23. The van der Waals surface area contributed by atoms with Gasteiger partial charge in [0.2, 0.25) is 0 Å². The van der Waals surface area contributed by atoms with Gasteiger partial charge in [-0.1, -0.05) is 12.1 Å². The fourth-order valence-electron chi connectivity index (χ4n) is 0.856. The number of primary amides is 2. The second-order valence-corrected chi connectivity index (χ2v) is 2.56. The van der Waals surface area contributed by atoms with Crippen molar-refractivity contribution in [1.82, 2.24) is 0 Å². The van der Waals surface area contributed by atoms with Crippen LogP contribution in [-0.2, 0) is 0 Å². The Kier molecular flexibility index (Phi) is 5.05. The Morgan fingerprint density at radius 3 is 1.31 bits per heavy atom. The lowest BCUT2D eigenvalue weighted by Crippen LogP contribution is -2.18. The molecule has 0 aliphatic carbocycles. The van der Waals surface area contributed by atoms with E-state index in [-0.39, 0.29) is 11.1 Å². The molecule has 7 heteroatoms. The molecule has 0 aliphatic rings. The summed E-state index contributed by atoms with van der Waals surface area (Å²) in [5.41, 5.74) is 8.12. The average Bonchev–Trinajstić information content (AvgIpc) is 2.16. The SMILES string of the molecule is NC(N)=O.O=C(O)c1ccccc1C(=O)O. The molecule has 0 bridgehead atoms. The molecule has 1 rings (SSSR count). The molecule has 7 nitrogen and oxygen atoms in total. The fourth-order valence-corrected chi connectivity index (χ4v) is 0.856. The summed E-state index contributed by atoms with van der Waals surface area (Å²) in [5.74, 6) is -2.46. The van der Waals surface area contributed by atoms with Crippen molar-refractivity contribution in [2.45, 2.75) is 0 Å². The third-order valence-electron chi connectivity index (χ3n) is 1.39. The molecule has 0 aliphatic heterocycles. The number of hydrogen-bond donors (Lipinski definition) is 4. The summed E-state index contributed by atoms with van der Waals surface area (Å²) in [5, 5.41) is 17.1. The summed E-state index contributed by atoms with van der Waals surface area (Å²) in [6, 6.07) is 4.64. The normalized spacial score (nSPS) is 8.50. The monoisotopic (exact) mass is 226 g/mol. The largest absolute Gasteiger partial charge is 0.478 e. The highest BCUT2D eigenvalue weighted by atomic mass is 16.4. The first-order valence-corrected chi connectivity index (χ1v) is 3.96. The van der Waals surface area contributed by atoms with Crippen LogP contribution in [0.15, 0.2) is 24.3 Å². The van der Waals surface area contributed by atoms with E-state index in [0.717, 1.165) is 0 Å². The van der Waals surface area contributed by atoms with E-state index in [1.807, 2.05) is 0 Å². The van der Waals surface area contributed by atoms with Crippen molar-refractivity contribution in [2.75, 3.05) is 0 Å². The topological polar surface area (TPSA) is 144 Å². The maximum Gasteiger partial charge on any atom is 0.336 e.